The maximum atomic E-state index is 13.8. The van der Waals surface area contributed by atoms with Crippen LogP contribution in [0.2, 0.25) is 0 Å². The molecule has 3 aromatic rings. The SMILES string of the molecule is O=C(NCc1ccc(F)cc1)c1ccc(/C=C2\OC3CCCCC3N(Cc3cccc(F)c3)C2=O)cc1. The molecule has 0 spiro atoms. The third-order valence-corrected chi connectivity index (χ3v) is 6.90. The molecule has 2 unspecified atom stereocenters. The Morgan fingerprint density at radius 2 is 1.70 bits per heavy atom. The zero-order valence-electron chi connectivity index (χ0n) is 20.3. The Balaban J connectivity index is 1.29. The first-order valence-electron chi connectivity index (χ1n) is 12.5. The van der Waals surface area contributed by atoms with E-state index in [-0.39, 0.29) is 47.9 Å². The first-order chi connectivity index (χ1) is 18.0. The molecule has 1 N–H and O–H groups in total. The zero-order valence-corrected chi connectivity index (χ0v) is 20.3. The van der Waals surface area contributed by atoms with Crippen LogP contribution in [-0.4, -0.2) is 28.9 Å². The van der Waals surface area contributed by atoms with Crippen LogP contribution in [0.3, 0.4) is 0 Å². The molecule has 5 nitrogen and oxygen atoms in total. The molecule has 0 bridgehead atoms. The summed E-state index contributed by atoms with van der Waals surface area (Å²) >= 11 is 0. The van der Waals surface area contributed by atoms with Crippen molar-refractivity contribution in [3.05, 3.63) is 112 Å². The molecule has 37 heavy (non-hydrogen) atoms. The second-order valence-electron chi connectivity index (χ2n) is 9.51. The van der Waals surface area contributed by atoms with E-state index >= 15 is 0 Å². The molecule has 2 atom stereocenters. The number of fused-ring (bicyclic) bond motifs is 1. The second-order valence-corrected chi connectivity index (χ2v) is 9.51. The van der Waals surface area contributed by atoms with Gasteiger partial charge in [0, 0.05) is 18.7 Å². The van der Waals surface area contributed by atoms with Gasteiger partial charge in [-0.3, -0.25) is 9.59 Å². The van der Waals surface area contributed by atoms with Gasteiger partial charge in [-0.05, 0) is 78.4 Å². The van der Waals surface area contributed by atoms with E-state index in [1.807, 2.05) is 11.0 Å². The van der Waals surface area contributed by atoms with Gasteiger partial charge in [0.05, 0.1) is 6.04 Å². The lowest BCUT2D eigenvalue weighted by Gasteiger charge is -2.44. The summed E-state index contributed by atoms with van der Waals surface area (Å²) in [5.41, 5.74) is 2.75. The van der Waals surface area contributed by atoms with Crippen molar-refractivity contribution in [3.8, 4) is 0 Å². The number of rotatable bonds is 6. The minimum atomic E-state index is -0.323. The maximum Gasteiger partial charge on any atom is 0.289 e. The molecule has 2 fully saturated rings. The summed E-state index contributed by atoms with van der Waals surface area (Å²) in [6, 6.07) is 19.2. The van der Waals surface area contributed by atoms with E-state index in [0.717, 1.165) is 42.4 Å². The van der Waals surface area contributed by atoms with Crippen LogP contribution in [-0.2, 0) is 22.6 Å². The molecule has 0 aromatic heterocycles. The van der Waals surface area contributed by atoms with Crippen molar-refractivity contribution in [1.82, 2.24) is 10.2 Å². The van der Waals surface area contributed by atoms with E-state index < -0.39 is 0 Å². The largest absolute Gasteiger partial charge is 0.482 e. The summed E-state index contributed by atoms with van der Waals surface area (Å²) in [6.45, 7) is 0.614. The van der Waals surface area contributed by atoms with Crippen LogP contribution in [0.4, 0.5) is 8.78 Å². The van der Waals surface area contributed by atoms with Crippen molar-refractivity contribution < 1.29 is 23.1 Å². The fourth-order valence-corrected chi connectivity index (χ4v) is 4.96. The highest BCUT2D eigenvalue weighted by Crippen LogP contribution is 2.34. The first kappa shape index (κ1) is 24.7. The van der Waals surface area contributed by atoms with Crippen molar-refractivity contribution in [2.24, 2.45) is 0 Å². The molecule has 0 radical (unpaired) electrons. The average Bonchev–Trinajstić information content (AvgIpc) is 2.91. The van der Waals surface area contributed by atoms with E-state index in [9.17, 15) is 18.4 Å². The number of morpholine rings is 1. The number of hydrogen-bond acceptors (Lipinski definition) is 3. The molecule has 190 valence electrons. The number of halogens is 2. The van der Waals surface area contributed by atoms with Gasteiger partial charge in [0.1, 0.15) is 17.7 Å². The molecule has 1 heterocycles. The highest BCUT2D eigenvalue weighted by molar-refractivity contribution is 5.97. The van der Waals surface area contributed by atoms with Crippen molar-refractivity contribution >= 4 is 17.9 Å². The predicted molar refractivity (Wildman–Crippen MR) is 136 cm³/mol. The number of hydrogen-bond donors (Lipinski definition) is 1. The monoisotopic (exact) mass is 502 g/mol. The summed E-state index contributed by atoms with van der Waals surface area (Å²) in [6.07, 6.45) is 5.40. The molecule has 2 aliphatic rings. The number of benzene rings is 3. The lowest BCUT2D eigenvalue weighted by Crippen LogP contribution is -2.54. The van der Waals surface area contributed by atoms with Gasteiger partial charge < -0.3 is 15.0 Å². The predicted octanol–water partition coefficient (Wildman–Crippen LogP) is 5.61. The van der Waals surface area contributed by atoms with Crippen LogP contribution in [0.15, 0.2) is 78.6 Å². The molecular weight excluding hydrogens is 474 g/mol. The van der Waals surface area contributed by atoms with Gasteiger partial charge in [-0.15, -0.1) is 0 Å². The summed E-state index contributed by atoms with van der Waals surface area (Å²) in [5.74, 6) is -0.853. The van der Waals surface area contributed by atoms with E-state index in [1.54, 1.807) is 48.5 Å². The number of nitrogens with one attached hydrogen (secondary N) is 1. The van der Waals surface area contributed by atoms with E-state index in [4.69, 9.17) is 4.74 Å². The van der Waals surface area contributed by atoms with Gasteiger partial charge in [-0.2, -0.15) is 0 Å². The van der Waals surface area contributed by atoms with Gasteiger partial charge in [-0.1, -0.05) is 42.8 Å². The van der Waals surface area contributed by atoms with Crippen molar-refractivity contribution in [2.45, 2.75) is 50.9 Å². The van der Waals surface area contributed by atoms with E-state index in [0.29, 0.717) is 12.1 Å². The van der Waals surface area contributed by atoms with Crippen LogP contribution < -0.4 is 5.32 Å². The van der Waals surface area contributed by atoms with E-state index in [1.165, 1.54) is 24.3 Å². The van der Waals surface area contributed by atoms with Gasteiger partial charge in [-0.25, -0.2) is 8.78 Å². The normalized spacial score (nSPS) is 20.3. The van der Waals surface area contributed by atoms with Crippen LogP contribution in [0, 0.1) is 11.6 Å². The molecule has 2 amide bonds. The molecule has 1 aliphatic heterocycles. The maximum absolute atomic E-state index is 13.8. The topological polar surface area (TPSA) is 58.6 Å². The Labute approximate surface area is 214 Å². The van der Waals surface area contributed by atoms with E-state index in [2.05, 4.69) is 5.32 Å². The standard InChI is InChI=1S/C30H28F2N2O3/c31-24-14-10-21(11-15-24)18-33-29(35)23-12-8-20(9-13-23)17-28-30(36)34(19-22-4-3-5-25(32)16-22)26-6-1-2-7-27(26)37-28/h3-5,8-17,26-27H,1-2,6-7,18-19H2,(H,33,35)/b28-17-. The summed E-state index contributed by atoms with van der Waals surface area (Å²) in [4.78, 5) is 27.8. The quantitative estimate of drug-likeness (QED) is 0.446. The number of amides is 2. The lowest BCUT2D eigenvalue weighted by atomic mass is 9.89. The van der Waals surface area contributed by atoms with Crippen LogP contribution in [0.5, 0.6) is 0 Å². The van der Waals surface area contributed by atoms with Crippen molar-refractivity contribution in [1.29, 1.82) is 0 Å². The van der Waals surface area contributed by atoms with Crippen LogP contribution >= 0.6 is 0 Å². The highest BCUT2D eigenvalue weighted by Gasteiger charge is 2.41. The highest BCUT2D eigenvalue weighted by atomic mass is 19.1. The Bertz CT molecular complexity index is 1310. The smallest absolute Gasteiger partial charge is 0.289 e. The molecule has 1 aliphatic carbocycles. The minimum absolute atomic E-state index is 0.0335. The number of carbonyl (C=O) groups is 2. The minimum Gasteiger partial charge on any atom is -0.482 e. The Morgan fingerprint density at radius 3 is 2.46 bits per heavy atom. The molecular formula is C30H28F2N2O3. The molecule has 1 saturated carbocycles. The molecule has 7 heteroatoms. The number of carbonyl (C=O) groups excluding carboxylic acids is 2. The number of ether oxygens (including phenoxy) is 1. The fourth-order valence-electron chi connectivity index (χ4n) is 4.96. The Morgan fingerprint density at radius 1 is 0.946 bits per heavy atom. The summed E-state index contributed by atoms with van der Waals surface area (Å²) in [5, 5.41) is 2.82. The Hall–Kier alpha value is -4.00. The van der Waals surface area contributed by atoms with Gasteiger partial charge in [0.25, 0.3) is 11.8 Å². The summed E-state index contributed by atoms with van der Waals surface area (Å²) in [7, 11) is 0. The molecule has 5 rings (SSSR count). The van der Waals surface area contributed by atoms with Gasteiger partial charge in [0.2, 0.25) is 0 Å². The Kier molecular flexibility index (Phi) is 7.30. The molecule has 1 saturated heterocycles. The van der Waals surface area contributed by atoms with Crippen molar-refractivity contribution in [2.75, 3.05) is 0 Å². The fraction of sp³-hybridized carbons (Fsp3) is 0.267. The first-order valence-corrected chi connectivity index (χ1v) is 12.5. The van der Waals surface area contributed by atoms with Crippen molar-refractivity contribution in [3.63, 3.8) is 0 Å². The third-order valence-electron chi connectivity index (χ3n) is 6.90. The summed E-state index contributed by atoms with van der Waals surface area (Å²) < 4.78 is 33.0. The lowest BCUT2D eigenvalue weighted by molar-refractivity contribution is -0.149. The zero-order chi connectivity index (χ0) is 25.8. The van der Waals surface area contributed by atoms with Crippen LogP contribution in [0.25, 0.3) is 6.08 Å². The second kappa shape index (κ2) is 10.9. The van der Waals surface area contributed by atoms with Crippen LogP contribution in [0.1, 0.15) is 52.7 Å². The number of nitrogens with zero attached hydrogens (tertiary/aromatic N) is 1. The average molecular weight is 503 g/mol. The third kappa shape index (κ3) is 5.88. The van der Waals surface area contributed by atoms with Gasteiger partial charge >= 0.3 is 0 Å². The van der Waals surface area contributed by atoms with Gasteiger partial charge in [0.15, 0.2) is 5.76 Å². The molecule has 3 aromatic carbocycles.